The molecule has 3 aromatic heterocycles. The van der Waals surface area contributed by atoms with Gasteiger partial charge in [0.25, 0.3) is 17.7 Å². The van der Waals surface area contributed by atoms with Gasteiger partial charge in [-0.3, -0.25) is 9.78 Å². The van der Waals surface area contributed by atoms with Gasteiger partial charge >= 0.3 is 12.1 Å². The van der Waals surface area contributed by atoms with Gasteiger partial charge in [0, 0.05) is 36.8 Å². The van der Waals surface area contributed by atoms with Gasteiger partial charge in [0.05, 0.1) is 24.4 Å². The largest absolute Gasteiger partial charge is 0.490 e. The van der Waals surface area contributed by atoms with Gasteiger partial charge in [-0.25, -0.2) is 28.5 Å². The van der Waals surface area contributed by atoms with E-state index < -0.39 is 30.0 Å². The van der Waals surface area contributed by atoms with E-state index in [1.807, 2.05) is 6.92 Å². The highest BCUT2D eigenvalue weighted by Gasteiger charge is 2.42. The molecule has 1 atom stereocenters. The van der Waals surface area contributed by atoms with E-state index >= 15 is 0 Å². The first-order valence-corrected chi connectivity index (χ1v) is 11.9. The van der Waals surface area contributed by atoms with Crippen molar-refractivity contribution in [1.82, 2.24) is 25.3 Å². The summed E-state index contributed by atoms with van der Waals surface area (Å²) in [4.78, 5) is 38.0. The number of nitrogens with zero attached hydrogens (tertiary/aromatic N) is 4. The zero-order valence-electron chi connectivity index (χ0n) is 21.0. The monoisotopic (exact) mass is 569 g/mol. The van der Waals surface area contributed by atoms with Gasteiger partial charge in [-0.1, -0.05) is 6.42 Å². The van der Waals surface area contributed by atoms with Crippen molar-refractivity contribution in [1.29, 1.82) is 0 Å². The zero-order chi connectivity index (χ0) is 29.3. The topological polar surface area (TPSA) is 136 Å². The summed E-state index contributed by atoms with van der Waals surface area (Å²) < 4.78 is 71.1. The van der Waals surface area contributed by atoms with Gasteiger partial charge in [-0.05, 0) is 38.0 Å². The summed E-state index contributed by atoms with van der Waals surface area (Å²) in [6, 6.07) is 3.99. The number of amides is 1. The van der Waals surface area contributed by atoms with Crippen molar-refractivity contribution in [3.8, 4) is 28.8 Å². The number of carboxylic acids is 1. The van der Waals surface area contributed by atoms with Crippen molar-refractivity contribution in [2.45, 2.75) is 50.7 Å². The second kappa shape index (κ2) is 13.1. The lowest BCUT2D eigenvalue weighted by molar-refractivity contribution is -0.192. The van der Waals surface area contributed by atoms with E-state index in [9.17, 15) is 26.7 Å². The van der Waals surface area contributed by atoms with Gasteiger partial charge in [0.2, 0.25) is 0 Å². The summed E-state index contributed by atoms with van der Waals surface area (Å²) >= 11 is 0. The van der Waals surface area contributed by atoms with Gasteiger partial charge in [-0.2, -0.15) is 13.2 Å². The molecule has 214 valence electrons. The number of carbonyl (C=O) groups is 2. The van der Waals surface area contributed by atoms with Crippen molar-refractivity contribution in [3.63, 3.8) is 0 Å². The molecule has 0 bridgehead atoms. The maximum absolute atomic E-state index is 14.0. The van der Waals surface area contributed by atoms with Crippen LogP contribution in [-0.4, -0.2) is 61.7 Å². The fourth-order valence-electron chi connectivity index (χ4n) is 3.53. The number of aromatic nitrogens is 4. The minimum absolute atomic E-state index is 0.107. The highest BCUT2D eigenvalue weighted by atomic mass is 19.4. The summed E-state index contributed by atoms with van der Waals surface area (Å²) in [6.45, 7) is 2.33. The molecule has 40 heavy (non-hydrogen) atoms. The van der Waals surface area contributed by atoms with Crippen LogP contribution in [0.15, 0.2) is 49.2 Å². The third kappa shape index (κ3) is 8.28. The van der Waals surface area contributed by atoms with Crippen LogP contribution < -0.4 is 14.8 Å². The maximum Gasteiger partial charge on any atom is 0.490 e. The molecule has 0 aliphatic heterocycles. The Kier molecular flexibility index (Phi) is 9.85. The molecule has 15 heteroatoms. The van der Waals surface area contributed by atoms with Gasteiger partial charge in [0.15, 0.2) is 11.6 Å². The van der Waals surface area contributed by atoms with Crippen LogP contribution >= 0.6 is 0 Å². The van der Waals surface area contributed by atoms with Crippen LogP contribution in [0.5, 0.6) is 17.4 Å². The van der Waals surface area contributed by atoms with Crippen LogP contribution in [0.1, 0.15) is 43.0 Å². The average molecular weight is 569 g/mol. The highest BCUT2D eigenvalue weighted by Crippen LogP contribution is 2.34. The Labute approximate surface area is 224 Å². The third-order valence-corrected chi connectivity index (χ3v) is 5.45. The van der Waals surface area contributed by atoms with Crippen LogP contribution in [0, 0.1) is 0 Å². The van der Waals surface area contributed by atoms with Crippen molar-refractivity contribution >= 4 is 11.9 Å². The summed E-state index contributed by atoms with van der Waals surface area (Å²) in [7, 11) is 0. The number of halogens is 5. The Morgan fingerprint density at radius 3 is 2.45 bits per heavy atom. The molecule has 3 heterocycles. The smallest absolute Gasteiger partial charge is 0.488 e. The normalized spacial score (nSPS) is 16.2. The Morgan fingerprint density at radius 1 is 1.12 bits per heavy atom. The minimum Gasteiger partial charge on any atom is -0.488 e. The molecule has 10 nitrogen and oxygen atoms in total. The number of nitrogens with one attached hydrogen (secondary N) is 1. The summed E-state index contributed by atoms with van der Waals surface area (Å²) in [6.07, 6.45) is 3.32. The van der Waals surface area contributed by atoms with E-state index in [1.54, 1.807) is 30.6 Å². The molecule has 4 rings (SSSR count). The fourth-order valence-corrected chi connectivity index (χ4v) is 3.53. The Bertz CT molecular complexity index is 1310. The van der Waals surface area contributed by atoms with Gasteiger partial charge in [0.1, 0.15) is 5.75 Å². The van der Waals surface area contributed by atoms with Crippen LogP contribution in [0.3, 0.4) is 0 Å². The number of rotatable bonds is 7. The van der Waals surface area contributed by atoms with Crippen LogP contribution in [0.4, 0.5) is 22.0 Å². The molecule has 0 spiro atoms. The standard InChI is InChI=1S/C23H23F2N5O3.C2HF3O2/c1-2-32-18-6-5-9-27-22(18)33-17-10-15(11-26-14-17)20-28-12-16(13-29-20)21(31)30-19-7-3-4-8-23(19,24)25;3-2(4,5)1(6)7/h5-6,9-14,19H,2-4,7-8H2,1H3,(H,30,31);(H,6,7)/t19-;/m0./s1. The molecule has 1 aliphatic rings. The molecule has 1 saturated carbocycles. The molecule has 0 radical (unpaired) electrons. The fraction of sp³-hybridized carbons (Fsp3) is 0.360. The number of hydrogen-bond donors (Lipinski definition) is 2. The van der Waals surface area contributed by atoms with Crippen molar-refractivity contribution in [2.75, 3.05) is 6.61 Å². The highest BCUT2D eigenvalue weighted by molar-refractivity contribution is 5.94. The van der Waals surface area contributed by atoms with Crippen molar-refractivity contribution in [2.24, 2.45) is 0 Å². The lowest BCUT2D eigenvalue weighted by Crippen LogP contribution is -2.49. The zero-order valence-corrected chi connectivity index (χ0v) is 21.0. The number of aliphatic carboxylic acids is 1. The van der Waals surface area contributed by atoms with E-state index in [4.69, 9.17) is 19.4 Å². The molecule has 0 aromatic carbocycles. The lowest BCUT2D eigenvalue weighted by atomic mass is 9.91. The first-order chi connectivity index (χ1) is 18.9. The molecule has 3 aromatic rings. The van der Waals surface area contributed by atoms with Crippen LogP contribution in [0.2, 0.25) is 0 Å². The number of carbonyl (C=O) groups excluding carboxylic acids is 1. The molecule has 2 N–H and O–H groups in total. The molecule has 1 amide bonds. The maximum atomic E-state index is 14.0. The van der Waals surface area contributed by atoms with E-state index in [1.165, 1.54) is 18.6 Å². The first-order valence-electron chi connectivity index (χ1n) is 11.9. The van der Waals surface area contributed by atoms with Crippen molar-refractivity contribution in [3.05, 3.63) is 54.7 Å². The second-order valence-electron chi connectivity index (χ2n) is 8.38. The predicted molar refractivity (Wildman–Crippen MR) is 129 cm³/mol. The molecule has 1 aliphatic carbocycles. The third-order valence-electron chi connectivity index (χ3n) is 5.45. The molecule has 1 fully saturated rings. The van der Waals surface area contributed by atoms with Crippen molar-refractivity contribution < 1.29 is 46.1 Å². The van der Waals surface area contributed by atoms with E-state index in [-0.39, 0.29) is 18.4 Å². The molecular weight excluding hydrogens is 545 g/mol. The first kappa shape index (κ1) is 30.1. The van der Waals surface area contributed by atoms with Gasteiger partial charge < -0.3 is 19.9 Å². The van der Waals surface area contributed by atoms with Gasteiger partial charge in [-0.15, -0.1) is 0 Å². The second-order valence-corrected chi connectivity index (χ2v) is 8.38. The Balaban J connectivity index is 0.000000559. The Morgan fingerprint density at radius 2 is 1.82 bits per heavy atom. The summed E-state index contributed by atoms with van der Waals surface area (Å²) in [5, 5.41) is 9.54. The molecular formula is C25H24F5N5O5. The van der Waals surface area contributed by atoms with Crippen LogP contribution in [0.25, 0.3) is 11.4 Å². The summed E-state index contributed by atoms with van der Waals surface area (Å²) in [5.41, 5.74) is 0.655. The summed E-state index contributed by atoms with van der Waals surface area (Å²) in [5.74, 6) is -4.78. The average Bonchev–Trinajstić information content (AvgIpc) is 2.91. The van der Waals surface area contributed by atoms with E-state index in [0.29, 0.717) is 48.2 Å². The van der Waals surface area contributed by atoms with E-state index in [2.05, 4.69) is 25.3 Å². The number of carboxylic acid groups (broad SMARTS) is 1. The predicted octanol–water partition coefficient (Wildman–Crippen LogP) is 5.07. The number of hydrogen-bond acceptors (Lipinski definition) is 8. The Hall–Kier alpha value is -4.43. The number of pyridine rings is 2. The van der Waals surface area contributed by atoms with E-state index in [0.717, 1.165) is 0 Å². The minimum atomic E-state index is -5.08. The quantitative estimate of drug-likeness (QED) is 0.374. The molecule has 0 unspecified atom stereocenters. The number of ether oxygens (including phenoxy) is 2. The number of alkyl halides is 5. The molecule has 0 saturated heterocycles. The SMILES string of the molecule is CCOc1cccnc1Oc1cncc(-c2ncc(C(=O)N[C@H]3CCCCC3(F)F)cn2)c1.O=C(O)C(F)(F)F. The van der Waals surface area contributed by atoms with Crippen LogP contribution in [-0.2, 0) is 4.79 Å². The lowest BCUT2D eigenvalue weighted by Gasteiger charge is -2.31.